The average molecular weight is 225 g/mol. The van der Waals surface area contributed by atoms with Gasteiger partial charge in [0, 0.05) is 0 Å². The largest absolute Gasteiger partial charge is 0.467 e. The highest BCUT2D eigenvalue weighted by atomic mass is 19.1. The van der Waals surface area contributed by atoms with Crippen LogP contribution in [0.5, 0.6) is 0 Å². The van der Waals surface area contributed by atoms with Gasteiger partial charge >= 0.3 is 5.97 Å². The van der Waals surface area contributed by atoms with Crippen LogP contribution in [0.3, 0.4) is 0 Å². The van der Waals surface area contributed by atoms with Gasteiger partial charge in [-0.3, -0.25) is 5.32 Å². The number of likely N-dealkylation sites (N-methyl/N-ethyl adjacent to an activating group) is 1. The molecule has 0 aromatic heterocycles. The SMILES string of the molecule is CCNC(C)(C(=O)OC)c1cccc(F)c1. The lowest BCUT2D eigenvalue weighted by molar-refractivity contribution is -0.148. The highest BCUT2D eigenvalue weighted by Gasteiger charge is 2.35. The van der Waals surface area contributed by atoms with Crippen LogP contribution < -0.4 is 5.32 Å². The van der Waals surface area contributed by atoms with Crippen molar-refractivity contribution >= 4 is 5.97 Å². The molecule has 0 aliphatic heterocycles. The maximum absolute atomic E-state index is 13.1. The summed E-state index contributed by atoms with van der Waals surface area (Å²) in [5.74, 6) is -0.800. The molecule has 0 saturated carbocycles. The van der Waals surface area contributed by atoms with Crippen molar-refractivity contribution in [3.63, 3.8) is 0 Å². The summed E-state index contributed by atoms with van der Waals surface area (Å²) < 4.78 is 17.9. The summed E-state index contributed by atoms with van der Waals surface area (Å²) in [4.78, 5) is 11.7. The van der Waals surface area contributed by atoms with E-state index in [1.165, 1.54) is 19.2 Å². The van der Waals surface area contributed by atoms with Crippen LogP contribution in [0.25, 0.3) is 0 Å². The van der Waals surface area contributed by atoms with Crippen LogP contribution in [0, 0.1) is 5.82 Å². The number of hydrogen-bond donors (Lipinski definition) is 1. The van der Waals surface area contributed by atoms with Crippen molar-refractivity contribution in [1.82, 2.24) is 5.32 Å². The Bertz CT molecular complexity index is 381. The van der Waals surface area contributed by atoms with E-state index in [2.05, 4.69) is 5.32 Å². The number of rotatable bonds is 4. The summed E-state index contributed by atoms with van der Waals surface area (Å²) in [6.45, 7) is 4.14. The third-order valence-electron chi connectivity index (χ3n) is 2.53. The molecule has 16 heavy (non-hydrogen) atoms. The van der Waals surface area contributed by atoms with E-state index in [0.29, 0.717) is 12.1 Å². The number of carbonyl (C=O) groups excluding carboxylic acids is 1. The summed E-state index contributed by atoms with van der Waals surface area (Å²) in [5.41, 5.74) is -0.452. The second-order valence-corrected chi connectivity index (χ2v) is 3.66. The highest BCUT2D eigenvalue weighted by Crippen LogP contribution is 2.22. The van der Waals surface area contributed by atoms with Crippen LogP contribution in [-0.2, 0) is 15.1 Å². The number of hydrogen-bond acceptors (Lipinski definition) is 3. The quantitative estimate of drug-likeness (QED) is 0.794. The molecule has 1 unspecified atom stereocenters. The smallest absolute Gasteiger partial charge is 0.330 e. The zero-order valence-corrected chi connectivity index (χ0v) is 9.71. The van der Waals surface area contributed by atoms with Crippen molar-refractivity contribution < 1.29 is 13.9 Å². The highest BCUT2D eigenvalue weighted by molar-refractivity contribution is 5.82. The molecule has 4 heteroatoms. The Kier molecular flexibility index (Phi) is 4.01. The van der Waals surface area contributed by atoms with E-state index in [1.807, 2.05) is 6.92 Å². The van der Waals surface area contributed by atoms with Crippen molar-refractivity contribution in [3.8, 4) is 0 Å². The Morgan fingerprint density at radius 1 is 1.56 bits per heavy atom. The number of benzene rings is 1. The van der Waals surface area contributed by atoms with E-state index < -0.39 is 11.5 Å². The van der Waals surface area contributed by atoms with E-state index in [1.54, 1.807) is 19.1 Å². The third kappa shape index (κ3) is 2.39. The Morgan fingerprint density at radius 3 is 2.75 bits per heavy atom. The molecule has 0 fully saturated rings. The van der Waals surface area contributed by atoms with Crippen LogP contribution in [0.15, 0.2) is 24.3 Å². The number of methoxy groups -OCH3 is 1. The van der Waals surface area contributed by atoms with Gasteiger partial charge < -0.3 is 4.74 Å². The van der Waals surface area contributed by atoms with Gasteiger partial charge in [0.15, 0.2) is 0 Å². The first kappa shape index (κ1) is 12.6. The molecule has 0 spiro atoms. The number of ether oxygens (including phenoxy) is 1. The molecule has 1 aromatic carbocycles. The van der Waals surface area contributed by atoms with E-state index in [0.717, 1.165) is 0 Å². The number of esters is 1. The van der Waals surface area contributed by atoms with Gasteiger partial charge in [0.1, 0.15) is 11.4 Å². The second-order valence-electron chi connectivity index (χ2n) is 3.66. The lowest BCUT2D eigenvalue weighted by Crippen LogP contribution is -2.47. The van der Waals surface area contributed by atoms with Crippen molar-refractivity contribution in [2.24, 2.45) is 0 Å². The maximum Gasteiger partial charge on any atom is 0.330 e. The topological polar surface area (TPSA) is 38.3 Å². The van der Waals surface area contributed by atoms with Crippen molar-refractivity contribution in [2.45, 2.75) is 19.4 Å². The zero-order chi connectivity index (χ0) is 12.2. The minimum absolute atomic E-state index is 0.370. The molecule has 0 heterocycles. The normalized spacial score (nSPS) is 14.2. The predicted molar refractivity (Wildman–Crippen MR) is 59.4 cm³/mol. The number of nitrogens with one attached hydrogen (secondary N) is 1. The zero-order valence-electron chi connectivity index (χ0n) is 9.71. The summed E-state index contributed by atoms with van der Waals surface area (Å²) in [6.07, 6.45) is 0. The summed E-state index contributed by atoms with van der Waals surface area (Å²) in [5, 5.41) is 3.01. The molecule has 1 aromatic rings. The molecule has 0 aliphatic rings. The Balaban J connectivity index is 3.15. The van der Waals surface area contributed by atoms with Crippen LogP contribution in [0.4, 0.5) is 4.39 Å². The van der Waals surface area contributed by atoms with E-state index in [-0.39, 0.29) is 5.82 Å². The van der Waals surface area contributed by atoms with Crippen molar-refractivity contribution in [3.05, 3.63) is 35.6 Å². The lowest BCUT2D eigenvalue weighted by atomic mass is 9.92. The van der Waals surface area contributed by atoms with E-state index in [9.17, 15) is 9.18 Å². The lowest BCUT2D eigenvalue weighted by Gasteiger charge is -2.28. The van der Waals surface area contributed by atoms with Gasteiger partial charge in [-0.15, -0.1) is 0 Å². The van der Waals surface area contributed by atoms with Gasteiger partial charge in [0.25, 0.3) is 0 Å². The van der Waals surface area contributed by atoms with Gasteiger partial charge in [-0.25, -0.2) is 9.18 Å². The third-order valence-corrected chi connectivity index (χ3v) is 2.53. The molecule has 0 radical (unpaired) electrons. The van der Waals surface area contributed by atoms with Gasteiger partial charge in [0.05, 0.1) is 7.11 Å². The minimum atomic E-state index is -1.01. The molecule has 1 atom stereocenters. The molecular weight excluding hydrogens is 209 g/mol. The fourth-order valence-corrected chi connectivity index (χ4v) is 1.65. The predicted octanol–water partition coefficient (Wildman–Crippen LogP) is 1.82. The van der Waals surface area contributed by atoms with Crippen molar-refractivity contribution in [1.29, 1.82) is 0 Å². The number of halogens is 1. The molecular formula is C12H16FNO2. The molecule has 1 N–H and O–H groups in total. The van der Waals surface area contributed by atoms with Gasteiger partial charge in [-0.2, -0.15) is 0 Å². The molecule has 0 saturated heterocycles. The Hall–Kier alpha value is -1.42. The van der Waals surface area contributed by atoms with Crippen molar-refractivity contribution in [2.75, 3.05) is 13.7 Å². The van der Waals surface area contributed by atoms with Crippen LogP contribution in [-0.4, -0.2) is 19.6 Å². The Morgan fingerprint density at radius 2 is 2.25 bits per heavy atom. The van der Waals surface area contributed by atoms with Gasteiger partial charge in [-0.05, 0) is 31.2 Å². The summed E-state index contributed by atoms with van der Waals surface area (Å²) >= 11 is 0. The van der Waals surface area contributed by atoms with Crippen LogP contribution in [0.2, 0.25) is 0 Å². The molecule has 0 amide bonds. The van der Waals surface area contributed by atoms with E-state index >= 15 is 0 Å². The summed E-state index contributed by atoms with van der Waals surface area (Å²) in [6, 6.07) is 5.94. The molecule has 0 aliphatic carbocycles. The van der Waals surface area contributed by atoms with Crippen LogP contribution >= 0.6 is 0 Å². The minimum Gasteiger partial charge on any atom is -0.467 e. The first-order valence-corrected chi connectivity index (χ1v) is 5.14. The Labute approximate surface area is 94.6 Å². The molecule has 3 nitrogen and oxygen atoms in total. The maximum atomic E-state index is 13.1. The molecule has 0 bridgehead atoms. The average Bonchev–Trinajstić information content (AvgIpc) is 2.28. The van der Waals surface area contributed by atoms with Gasteiger partial charge in [-0.1, -0.05) is 19.1 Å². The standard InChI is InChI=1S/C12H16FNO2/c1-4-14-12(2,11(15)16-3)9-6-5-7-10(13)8-9/h5-8,14H,4H2,1-3H3. The first-order chi connectivity index (χ1) is 7.54. The number of carbonyl (C=O) groups is 1. The monoisotopic (exact) mass is 225 g/mol. The fourth-order valence-electron chi connectivity index (χ4n) is 1.65. The fraction of sp³-hybridized carbons (Fsp3) is 0.417. The molecule has 1 rings (SSSR count). The van der Waals surface area contributed by atoms with Gasteiger partial charge in [0.2, 0.25) is 0 Å². The second kappa shape index (κ2) is 5.07. The summed E-state index contributed by atoms with van der Waals surface area (Å²) in [7, 11) is 1.32. The molecule has 88 valence electrons. The van der Waals surface area contributed by atoms with E-state index in [4.69, 9.17) is 4.74 Å². The first-order valence-electron chi connectivity index (χ1n) is 5.14. The van der Waals surface area contributed by atoms with Crippen LogP contribution in [0.1, 0.15) is 19.4 Å².